The summed E-state index contributed by atoms with van der Waals surface area (Å²) in [5.41, 5.74) is 7.56. The van der Waals surface area contributed by atoms with Crippen LogP contribution in [0.4, 0.5) is 15.8 Å². The number of carbonyl (C=O) groups excluding carboxylic acids is 1. The Labute approximate surface area is 130 Å². The van der Waals surface area contributed by atoms with E-state index in [0.29, 0.717) is 21.4 Å². The number of halogens is 2. The molecule has 0 radical (unpaired) electrons. The van der Waals surface area contributed by atoms with E-state index in [-0.39, 0.29) is 11.7 Å². The maximum absolute atomic E-state index is 13.1. The van der Waals surface area contributed by atoms with E-state index in [0.717, 1.165) is 5.69 Å². The second-order valence-electron chi connectivity index (χ2n) is 4.27. The Bertz CT molecular complexity index is 628. The Morgan fingerprint density at radius 3 is 2.45 bits per heavy atom. The van der Waals surface area contributed by atoms with Gasteiger partial charge in [-0.1, -0.05) is 0 Å². The van der Waals surface area contributed by atoms with Crippen molar-refractivity contribution < 1.29 is 9.18 Å². The number of nitrogens with two attached hydrogens (primary N) is 1. The summed E-state index contributed by atoms with van der Waals surface area (Å²) in [6, 6.07) is 11.3. The lowest BCUT2D eigenvalue weighted by molar-refractivity contribution is 0.0987. The highest BCUT2D eigenvalue weighted by Gasteiger charge is 2.18. The standard InChI is InChI=1S/C15H14FIN2O/c1-2-19(12-6-4-11(18)5-7-12)15(20)13-8-3-10(16)9-14(13)17/h3-9H,2,18H2,1H3. The van der Waals surface area contributed by atoms with Crippen molar-refractivity contribution in [2.75, 3.05) is 17.2 Å². The lowest BCUT2D eigenvalue weighted by Gasteiger charge is -2.22. The predicted octanol–water partition coefficient (Wildman–Crippen LogP) is 3.68. The van der Waals surface area contributed by atoms with Gasteiger partial charge in [0, 0.05) is 21.5 Å². The zero-order valence-corrected chi connectivity index (χ0v) is 13.1. The van der Waals surface area contributed by atoms with Crippen molar-refractivity contribution in [2.24, 2.45) is 0 Å². The molecule has 0 saturated carbocycles. The summed E-state index contributed by atoms with van der Waals surface area (Å²) in [5, 5.41) is 0. The molecule has 20 heavy (non-hydrogen) atoms. The third kappa shape index (κ3) is 3.09. The van der Waals surface area contributed by atoms with E-state index in [1.54, 1.807) is 29.2 Å². The monoisotopic (exact) mass is 384 g/mol. The van der Waals surface area contributed by atoms with E-state index in [9.17, 15) is 9.18 Å². The second-order valence-corrected chi connectivity index (χ2v) is 5.43. The van der Waals surface area contributed by atoms with Gasteiger partial charge in [0.25, 0.3) is 5.91 Å². The Morgan fingerprint density at radius 1 is 1.25 bits per heavy atom. The third-order valence-electron chi connectivity index (χ3n) is 2.93. The van der Waals surface area contributed by atoms with E-state index in [2.05, 4.69) is 0 Å². The van der Waals surface area contributed by atoms with Crippen LogP contribution < -0.4 is 10.6 Å². The van der Waals surface area contributed by atoms with E-state index in [1.807, 2.05) is 29.5 Å². The molecule has 0 heterocycles. The molecule has 1 amide bonds. The van der Waals surface area contributed by atoms with Crippen molar-refractivity contribution in [3.05, 3.63) is 57.4 Å². The van der Waals surface area contributed by atoms with Gasteiger partial charge >= 0.3 is 0 Å². The molecule has 0 aliphatic carbocycles. The fourth-order valence-corrected chi connectivity index (χ4v) is 2.61. The van der Waals surface area contributed by atoms with Crippen LogP contribution in [0.15, 0.2) is 42.5 Å². The van der Waals surface area contributed by atoms with Gasteiger partial charge in [-0.2, -0.15) is 0 Å². The molecule has 104 valence electrons. The molecule has 2 rings (SSSR count). The molecule has 0 fully saturated rings. The first kappa shape index (κ1) is 14.8. The maximum Gasteiger partial charge on any atom is 0.259 e. The van der Waals surface area contributed by atoms with E-state index < -0.39 is 0 Å². The highest BCUT2D eigenvalue weighted by atomic mass is 127. The summed E-state index contributed by atoms with van der Waals surface area (Å²) in [4.78, 5) is 14.2. The third-order valence-corrected chi connectivity index (χ3v) is 3.82. The molecule has 2 aromatic carbocycles. The highest BCUT2D eigenvalue weighted by Crippen LogP contribution is 2.21. The predicted molar refractivity (Wildman–Crippen MR) is 87.3 cm³/mol. The average Bonchev–Trinajstić information content (AvgIpc) is 2.41. The van der Waals surface area contributed by atoms with Crippen LogP contribution in [0.1, 0.15) is 17.3 Å². The molecular weight excluding hydrogens is 370 g/mol. The molecule has 2 aromatic rings. The summed E-state index contributed by atoms with van der Waals surface area (Å²) in [6.45, 7) is 2.42. The van der Waals surface area contributed by atoms with Crippen molar-refractivity contribution in [1.82, 2.24) is 0 Å². The molecule has 3 nitrogen and oxygen atoms in total. The fourth-order valence-electron chi connectivity index (χ4n) is 1.91. The van der Waals surface area contributed by atoms with Gasteiger partial charge in [-0.05, 0) is 72.0 Å². The van der Waals surface area contributed by atoms with Crippen molar-refractivity contribution in [3.63, 3.8) is 0 Å². The summed E-state index contributed by atoms with van der Waals surface area (Å²) in [5.74, 6) is -0.497. The summed E-state index contributed by atoms with van der Waals surface area (Å²) < 4.78 is 13.7. The van der Waals surface area contributed by atoms with Crippen molar-refractivity contribution in [1.29, 1.82) is 0 Å². The molecule has 0 saturated heterocycles. The maximum atomic E-state index is 13.1. The van der Waals surface area contributed by atoms with Crippen LogP contribution in [0.5, 0.6) is 0 Å². The number of hydrogen-bond donors (Lipinski definition) is 1. The van der Waals surface area contributed by atoms with Crippen LogP contribution in [0, 0.1) is 9.39 Å². The number of amides is 1. The minimum Gasteiger partial charge on any atom is -0.399 e. The van der Waals surface area contributed by atoms with Crippen molar-refractivity contribution in [2.45, 2.75) is 6.92 Å². The molecule has 5 heteroatoms. The summed E-state index contributed by atoms with van der Waals surface area (Å²) in [6.07, 6.45) is 0. The largest absolute Gasteiger partial charge is 0.399 e. The molecule has 0 bridgehead atoms. The number of nitrogens with zero attached hydrogens (tertiary/aromatic N) is 1. The quantitative estimate of drug-likeness (QED) is 0.649. The topological polar surface area (TPSA) is 46.3 Å². The van der Waals surface area contributed by atoms with Crippen LogP contribution in [0.2, 0.25) is 0 Å². The average molecular weight is 384 g/mol. The molecule has 0 aliphatic heterocycles. The molecule has 0 atom stereocenters. The zero-order valence-electron chi connectivity index (χ0n) is 10.9. The van der Waals surface area contributed by atoms with Crippen LogP contribution >= 0.6 is 22.6 Å². The van der Waals surface area contributed by atoms with Crippen LogP contribution in [-0.2, 0) is 0 Å². The van der Waals surface area contributed by atoms with Gasteiger partial charge in [0.05, 0.1) is 5.56 Å². The molecule has 0 aliphatic rings. The first-order chi connectivity index (χ1) is 9.52. The van der Waals surface area contributed by atoms with Gasteiger partial charge in [-0.3, -0.25) is 4.79 Å². The van der Waals surface area contributed by atoms with Crippen LogP contribution in [0.3, 0.4) is 0 Å². The normalized spacial score (nSPS) is 10.3. The minimum atomic E-state index is -0.346. The summed E-state index contributed by atoms with van der Waals surface area (Å²) in [7, 11) is 0. The smallest absolute Gasteiger partial charge is 0.259 e. The first-order valence-electron chi connectivity index (χ1n) is 6.15. The number of rotatable bonds is 3. The van der Waals surface area contributed by atoms with E-state index >= 15 is 0 Å². The molecule has 2 N–H and O–H groups in total. The molecule has 0 aromatic heterocycles. The molecular formula is C15H14FIN2O. The number of hydrogen-bond acceptors (Lipinski definition) is 2. The van der Waals surface area contributed by atoms with Crippen LogP contribution in [0.25, 0.3) is 0 Å². The lowest BCUT2D eigenvalue weighted by atomic mass is 10.1. The number of benzene rings is 2. The van der Waals surface area contributed by atoms with Gasteiger partial charge in [0.1, 0.15) is 5.82 Å². The minimum absolute atomic E-state index is 0.151. The lowest BCUT2D eigenvalue weighted by Crippen LogP contribution is -2.31. The van der Waals surface area contributed by atoms with Gasteiger partial charge in [-0.25, -0.2) is 4.39 Å². The zero-order chi connectivity index (χ0) is 14.7. The number of carbonyl (C=O) groups is 1. The van der Waals surface area contributed by atoms with Crippen molar-refractivity contribution in [3.8, 4) is 0 Å². The van der Waals surface area contributed by atoms with Gasteiger partial charge in [0.15, 0.2) is 0 Å². The SMILES string of the molecule is CCN(C(=O)c1ccc(F)cc1I)c1ccc(N)cc1. The highest BCUT2D eigenvalue weighted by molar-refractivity contribution is 14.1. The van der Waals surface area contributed by atoms with E-state index in [1.165, 1.54) is 18.2 Å². The summed E-state index contributed by atoms with van der Waals surface area (Å²) >= 11 is 1.97. The van der Waals surface area contributed by atoms with Gasteiger partial charge in [-0.15, -0.1) is 0 Å². The van der Waals surface area contributed by atoms with Gasteiger partial charge in [0.2, 0.25) is 0 Å². The number of anilines is 2. The molecule has 0 unspecified atom stereocenters. The molecule has 0 spiro atoms. The first-order valence-corrected chi connectivity index (χ1v) is 7.23. The Kier molecular flexibility index (Phi) is 4.59. The fraction of sp³-hybridized carbons (Fsp3) is 0.133. The Hall–Kier alpha value is -1.63. The van der Waals surface area contributed by atoms with E-state index in [4.69, 9.17) is 5.73 Å². The van der Waals surface area contributed by atoms with Crippen molar-refractivity contribution >= 4 is 39.9 Å². The van der Waals surface area contributed by atoms with Crippen LogP contribution in [-0.4, -0.2) is 12.5 Å². The van der Waals surface area contributed by atoms with Gasteiger partial charge < -0.3 is 10.6 Å². The second kappa shape index (κ2) is 6.21. The Balaban J connectivity index is 2.36. The Morgan fingerprint density at radius 2 is 1.90 bits per heavy atom. The number of nitrogen functional groups attached to an aromatic ring is 1.